The van der Waals surface area contributed by atoms with Crippen molar-refractivity contribution in [2.45, 2.75) is 25.8 Å². The van der Waals surface area contributed by atoms with E-state index in [1.54, 1.807) is 6.07 Å². The number of benzene rings is 1. The second-order valence-electron chi connectivity index (χ2n) is 5.14. The lowest BCUT2D eigenvalue weighted by molar-refractivity contribution is 0.239. The van der Waals surface area contributed by atoms with Crippen LogP contribution in [-0.2, 0) is 0 Å². The van der Waals surface area contributed by atoms with Crippen molar-refractivity contribution >= 4 is 11.6 Å². The van der Waals surface area contributed by atoms with Gasteiger partial charge in [0.2, 0.25) is 11.7 Å². The standard InChI is InChI=1S/C14H15ClFN3O/c1-8-3-2-6-17-12(8)14-18-13(19-20-14)9-4-5-11(16)10(15)7-9/h4-5,7-8,12,17H,2-3,6H2,1H3. The fourth-order valence-corrected chi connectivity index (χ4v) is 2.67. The van der Waals surface area contributed by atoms with Crippen LogP contribution in [0.15, 0.2) is 22.7 Å². The summed E-state index contributed by atoms with van der Waals surface area (Å²) in [6.45, 7) is 3.12. The van der Waals surface area contributed by atoms with Gasteiger partial charge in [0.1, 0.15) is 5.82 Å². The van der Waals surface area contributed by atoms with Gasteiger partial charge in [0.05, 0.1) is 11.1 Å². The second-order valence-corrected chi connectivity index (χ2v) is 5.54. The summed E-state index contributed by atoms with van der Waals surface area (Å²) in [6.07, 6.45) is 2.30. The van der Waals surface area contributed by atoms with Crippen molar-refractivity contribution in [3.8, 4) is 11.4 Å². The number of piperidine rings is 1. The van der Waals surface area contributed by atoms with E-state index in [9.17, 15) is 4.39 Å². The molecule has 2 unspecified atom stereocenters. The van der Waals surface area contributed by atoms with Gasteiger partial charge in [-0.3, -0.25) is 0 Å². The van der Waals surface area contributed by atoms with Gasteiger partial charge in [-0.25, -0.2) is 4.39 Å². The molecule has 20 heavy (non-hydrogen) atoms. The van der Waals surface area contributed by atoms with E-state index < -0.39 is 5.82 Å². The lowest BCUT2D eigenvalue weighted by atomic mass is 9.93. The van der Waals surface area contributed by atoms with Crippen molar-refractivity contribution in [2.75, 3.05) is 6.54 Å². The quantitative estimate of drug-likeness (QED) is 0.920. The molecule has 0 spiro atoms. The molecule has 0 amide bonds. The van der Waals surface area contributed by atoms with E-state index in [-0.39, 0.29) is 11.1 Å². The van der Waals surface area contributed by atoms with E-state index in [0.717, 1.165) is 19.4 Å². The molecule has 1 N–H and O–H groups in total. The molecule has 1 fully saturated rings. The molecule has 1 aliphatic rings. The average Bonchev–Trinajstić information content (AvgIpc) is 2.92. The number of rotatable bonds is 2. The molecule has 0 bridgehead atoms. The molecule has 1 aliphatic heterocycles. The van der Waals surface area contributed by atoms with Crippen molar-refractivity contribution in [3.05, 3.63) is 34.9 Å². The molecule has 2 aromatic rings. The first-order valence-corrected chi connectivity index (χ1v) is 7.05. The zero-order valence-corrected chi connectivity index (χ0v) is 11.8. The summed E-state index contributed by atoms with van der Waals surface area (Å²) in [5, 5.41) is 7.40. The second kappa shape index (κ2) is 5.50. The van der Waals surface area contributed by atoms with Gasteiger partial charge >= 0.3 is 0 Å². The number of nitrogens with one attached hydrogen (secondary N) is 1. The fraction of sp³-hybridized carbons (Fsp3) is 0.429. The molecule has 6 heteroatoms. The molecule has 4 nitrogen and oxygen atoms in total. The Morgan fingerprint density at radius 2 is 2.30 bits per heavy atom. The Bertz CT molecular complexity index is 616. The Kier molecular flexibility index (Phi) is 3.72. The number of hydrogen-bond donors (Lipinski definition) is 1. The van der Waals surface area contributed by atoms with Crippen LogP contribution < -0.4 is 5.32 Å². The molecule has 2 heterocycles. The summed E-state index contributed by atoms with van der Waals surface area (Å²) in [5.41, 5.74) is 0.648. The highest BCUT2D eigenvalue weighted by atomic mass is 35.5. The number of hydrogen-bond acceptors (Lipinski definition) is 4. The first-order valence-electron chi connectivity index (χ1n) is 6.67. The van der Waals surface area contributed by atoms with Crippen LogP contribution in [0.3, 0.4) is 0 Å². The molecule has 3 rings (SSSR count). The fourth-order valence-electron chi connectivity index (χ4n) is 2.49. The maximum Gasteiger partial charge on any atom is 0.244 e. The monoisotopic (exact) mass is 295 g/mol. The van der Waals surface area contributed by atoms with Crippen LogP contribution >= 0.6 is 11.6 Å². The van der Waals surface area contributed by atoms with Crippen LogP contribution in [0.1, 0.15) is 31.7 Å². The molecule has 0 saturated carbocycles. The topological polar surface area (TPSA) is 51.0 Å². The van der Waals surface area contributed by atoms with Gasteiger partial charge in [-0.2, -0.15) is 4.98 Å². The van der Waals surface area contributed by atoms with Gasteiger partial charge < -0.3 is 9.84 Å². The van der Waals surface area contributed by atoms with Crippen molar-refractivity contribution in [3.63, 3.8) is 0 Å². The van der Waals surface area contributed by atoms with Gasteiger partial charge in [-0.15, -0.1) is 0 Å². The van der Waals surface area contributed by atoms with Gasteiger partial charge in [-0.05, 0) is 43.5 Å². The van der Waals surface area contributed by atoms with E-state index in [2.05, 4.69) is 22.4 Å². The van der Waals surface area contributed by atoms with Gasteiger partial charge in [0, 0.05) is 5.56 Å². The zero-order chi connectivity index (χ0) is 14.1. The average molecular weight is 296 g/mol. The molecule has 1 saturated heterocycles. The molecule has 106 valence electrons. The maximum atomic E-state index is 13.2. The predicted octanol–water partition coefficient (Wildman–Crippen LogP) is 3.59. The third kappa shape index (κ3) is 2.55. The van der Waals surface area contributed by atoms with Crippen molar-refractivity contribution < 1.29 is 8.91 Å². The first kappa shape index (κ1) is 13.5. The summed E-state index contributed by atoms with van der Waals surface area (Å²) >= 11 is 5.77. The molecular formula is C14H15ClFN3O. The summed E-state index contributed by atoms with van der Waals surface area (Å²) in [5.74, 6) is 1.00. The Labute approximate surface area is 121 Å². The zero-order valence-electron chi connectivity index (χ0n) is 11.1. The van der Waals surface area contributed by atoms with Gasteiger partial charge in [0.15, 0.2) is 0 Å². The lowest BCUT2D eigenvalue weighted by Crippen LogP contribution is -2.33. The van der Waals surface area contributed by atoms with Crippen molar-refractivity contribution in [1.29, 1.82) is 0 Å². The SMILES string of the molecule is CC1CCCNC1c1nc(-c2ccc(F)c(Cl)c2)no1. The summed E-state index contributed by atoms with van der Waals surface area (Å²) in [6, 6.07) is 4.48. The largest absolute Gasteiger partial charge is 0.337 e. The van der Waals surface area contributed by atoms with E-state index in [0.29, 0.717) is 23.2 Å². The minimum absolute atomic E-state index is 0.0537. The van der Waals surface area contributed by atoms with Crippen LogP contribution in [0.5, 0.6) is 0 Å². The predicted molar refractivity (Wildman–Crippen MR) is 73.8 cm³/mol. The van der Waals surface area contributed by atoms with Crippen molar-refractivity contribution in [1.82, 2.24) is 15.5 Å². The normalized spacial score (nSPS) is 22.9. The van der Waals surface area contributed by atoms with Crippen LogP contribution in [0, 0.1) is 11.7 Å². The summed E-state index contributed by atoms with van der Waals surface area (Å²) in [4.78, 5) is 4.40. The summed E-state index contributed by atoms with van der Waals surface area (Å²) in [7, 11) is 0. The van der Waals surface area contributed by atoms with E-state index in [1.807, 2.05) is 0 Å². The highest BCUT2D eigenvalue weighted by Gasteiger charge is 2.27. The Hall–Kier alpha value is -1.46. The molecule has 1 aromatic heterocycles. The lowest BCUT2D eigenvalue weighted by Gasteiger charge is -2.26. The molecule has 0 radical (unpaired) electrons. The van der Waals surface area contributed by atoms with E-state index >= 15 is 0 Å². The third-order valence-electron chi connectivity index (χ3n) is 3.66. The van der Waals surface area contributed by atoms with Gasteiger partial charge in [0.25, 0.3) is 0 Å². The minimum atomic E-state index is -0.457. The van der Waals surface area contributed by atoms with Crippen molar-refractivity contribution in [2.24, 2.45) is 5.92 Å². The molecular weight excluding hydrogens is 281 g/mol. The third-order valence-corrected chi connectivity index (χ3v) is 3.94. The van der Waals surface area contributed by atoms with Crippen LogP contribution in [0.4, 0.5) is 4.39 Å². The Morgan fingerprint density at radius 3 is 3.05 bits per heavy atom. The smallest absolute Gasteiger partial charge is 0.244 e. The minimum Gasteiger partial charge on any atom is -0.337 e. The Balaban J connectivity index is 1.87. The highest BCUT2D eigenvalue weighted by Crippen LogP contribution is 2.29. The number of aromatic nitrogens is 2. The molecule has 1 aromatic carbocycles. The van der Waals surface area contributed by atoms with Gasteiger partial charge in [-0.1, -0.05) is 23.7 Å². The van der Waals surface area contributed by atoms with Crippen LogP contribution in [0.25, 0.3) is 11.4 Å². The van der Waals surface area contributed by atoms with Crippen LogP contribution in [0.2, 0.25) is 5.02 Å². The number of nitrogens with zero attached hydrogens (tertiary/aromatic N) is 2. The number of halogens is 2. The highest BCUT2D eigenvalue weighted by molar-refractivity contribution is 6.31. The first-order chi connectivity index (χ1) is 9.65. The molecule has 0 aliphatic carbocycles. The summed E-state index contributed by atoms with van der Waals surface area (Å²) < 4.78 is 18.5. The van der Waals surface area contributed by atoms with Crippen LogP contribution in [-0.4, -0.2) is 16.7 Å². The van der Waals surface area contributed by atoms with E-state index in [4.69, 9.17) is 16.1 Å². The molecule has 2 atom stereocenters. The Morgan fingerprint density at radius 1 is 1.45 bits per heavy atom. The van der Waals surface area contributed by atoms with E-state index in [1.165, 1.54) is 12.1 Å². The maximum absolute atomic E-state index is 13.2.